The van der Waals surface area contributed by atoms with Crippen LogP contribution < -0.4 is 0 Å². The highest BCUT2D eigenvalue weighted by Crippen LogP contribution is 2.45. The van der Waals surface area contributed by atoms with Crippen LogP contribution in [0.5, 0.6) is 0 Å². The number of unbranched alkanes of at least 4 members (excludes halogenated alkanes) is 3. The lowest BCUT2D eigenvalue weighted by molar-refractivity contribution is 0.252. The Morgan fingerprint density at radius 3 is 2.53 bits per heavy atom. The van der Waals surface area contributed by atoms with E-state index in [2.05, 4.69) is 6.92 Å². The SMILES string of the molecule is CCCCCCOP(=O)(O)Cc1ccccc1. The van der Waals surface area contributed by atoms with Gasteiger partial charge in [0.1, 0.15) is 0 Å². The summed E-state index contributed by atoms with van der Waals surface area (Å²) in [6, 6.07) is 9.27. The second kappa shape index (κ2) is 7.65. The van der Waals surface area contributed by atoms with Gasteiger partial charge in [0, 0.05) is 0 Å². The molecule has 0 fully saturated rings. The van der Waals surface area contributed by atoms with Crippen molar-refractivity contribution in [2.24, 2.45) is 0 Å². The highest BCUT2D eigenvalue weighted by atomic mass is 31.2. The minimum Gasteiger partial charge on any atom is -0.324 e. The van der Waals surface area contributed by atoms with Crippen molar-refractivity contribution >= 4 is 7.60 Å². The highest BCUT2D eigenvalue weighted by Gasteiger charge is 2.19. The van der Waals surface area contributed by atoms with Gasteiger partial charge in [0.15, 0.2) is 0 Å². The summed E-state index contributed by atoms with van der Waals surface area (Å²) in [5.74, 6) is 0. The van der Waals surface area contributed by atoms with Gasteiger partial charge in [-0.15, -0.1) is 0 Å². The molecule has 0 amide bonds. The second-order valence-corrected chi connectivity index (χ2v) is 6.02. The van der Waals surface area contributed by atoms with Gasteiger partial charge in [-0.05, 0) is 12.0 Å². The lowest BCUT2D eigenvalue weighted by Gasteiger charge is -2.12. The van der Waals surface area contributed by atoms with Gasteiger partial charge < -0.3 is 9.42 Å². The predicted molar refractivity (Wildman–Crippen MR) is 70.1 cm³/mol. The van der Waals surface area contributed by atoms with Crippen molar-refractivity contribution in [3.8, 4) is 0 Å². The van der Waals surface area contributed by atoms with Crippen molar-refractivity contribution in [1.29, 1.82) is 0 Å². The topological polar surface area (TPSA) is 46.5 Å². The van der Waals surface area contributed by atoms with Gasteiger partial charge in [0.05, 0.1) is 12.8 Å². The molecule has 1 rings (SSSR count). The Kier molecular flexibility index (Phi) is 6.49. The Hall–Kier alpha value is -0.630. The summed E-state index contributed by atoms with van der Waals surface area (Å²) in [5, 5.41) is 0. The quantitative estimate of drug-likeness (QED) is 0.565. The molecule has 0 spiro atoms. The minimum atomic E-state index is -3.46. The van der Waals surface area contributed by atoms with Crippen molar-refractivity contribution in [2.75, 3.05) is 6.61 Å². The number of hydrogen-bond donors (Lipinski definition) is 1. The first-order valence-electron chi connectivity index (χ1n) is 6.14. The molecule has 0 saturated heterocycles. The van der Waals surface area contributed by atoms with Crippen LogP contribution in [0.1, 0.15) is 38.2 Å². The van der Waals surface area contributed by atoms with E-state index in [9.17, 15) is 9.46 Å². The first-order valence-corrected chi connectivity index (χ1v) is 7.90. The van der Waals surface area contributed by atoms with Gasteiger partial charge in [-0.2, -0.15) is 0 Å². The van der Waals surface area contributed by atoms with Crippen LogP contribution in [0.2, 0.25) is 0 Å². The summed E-state index contributed by atoms with van der Waals surface area (Å²) in [4.78, 5) is 9.66. The van der Waals surface area contributed by atoms with Crippen LogP contribution in [0.3, 0.4) is 0 Å². The Labute approximate surface area is 103 Å². The predicted octanol–water partition coefficient (Wildman–Crippen LogP) is 3.97. The second-order valence-electron chi connectivity index (χ2n) is 4.18. The van der Waals surface area contributed by atoms with E-state index < -0.39 is 7.60 Å². The molecule has 17 heavy (non-hydrogen) atoms. The van der Waals surface area contributed by atoms with Crippen LogP contribution in [0.15, 0.2) is 30.3 Å². The molecular formula is C13H21O3P. The van der Waals surface area contributed by atoms with E-state index in [1.165, 1.54) is 0 Å². The number of rotatable bonds is 8. The van der Waals surface area contributed by atoms with E-state index in [0.717, 1.165) is 31.2 Å². The van der Waals surface area contributed by atoms with Gasteiger partial charge in [-0.1, -0.05) is 56.5 Å². The third kappa shape index (κ3) is 6.62. The maximum atomic E-state index is 11.7. The molecule has 1 N–H and O–H groups in total. The summed E-state index contributed by atoms with van der Waals surface area (Å²) in [6.07, 6.45) is 4.31. The molecule has 3 nitrogen and oxygen atoms in total. The molecule has 1 aromatic carbocycles. The molecule has 1 atom stereocenters. The molecular weight excluding hydrogens is 235 g/mol. The Morgan fingerprint density at radius 1 is 1.18 bits per heavy atom. The zero-order valence-electron chi connectivity index (χ0n) is 10.3. The van der Waals surface area contributed by atoms with Crippen LogP contribution in [0.4, 0.5) is 0 Å². The fourth-order valence-corrected chi connectivity index (χ4v) is 2.77. The lowest BCUT2D eigenvalue weighted by atomic mass is 10.2. The van der Waals surface area contributed by atoms with Gasteiger partial charge in [0.2, 0.25) is 0 Å². The van der Waals surface area contributed by atoms with E-state index in [0.29, 0.717) is 6.61 Å². The van der Waals surface area contributed by atoms with E-state index in [1.807, 2.05) is 30.3 Å². The smallest absolute Gasteiger partial charge is 0.324 e. The summed E-state index contributed by atoms with van der Waals surface area (Å²) in [6.45, 7) is 2.51. The fraction of sp³-hybridized carbons (Fsp3) is 0.538. The Balaban J connectivity index is 2.29. The number of benzene rings is 1. The zero-order chi connectivity index (χ0) is 12.6. The van der Waals surface area contributed by atoms with Gasteiger partial charge >= 0.3 is 7.60 Å². The molecule has 0 aliphatic heterocycles. The Morgan fingerprint density at radius 2 is 1.88 bits per heavy atom. The van der Waals surface area contributed by atoms with E-state index in [4.69, 9.17) is 4.52 Å². The van der Waals surface area contributed by atoms with Crippen molar-refractivity contribution in [2.45, 2.75) is 38.8 Å². The largest absolute Gasteiger partial charge is 0.332 e. The average Bonchev–Trinajstić information content (AvgIpc) is 2.29. The summed E-state index contributed by atoms with van der Waals surface area (Å²) in [5.41, 5.74) is 0.840. The van der Waals surface area contributed by atoms with E-state index >= 15 is 0 Å². The molecule has 1 unspecified atom stereocenters. The molecule has 0 radical (unpaired) electrons. The number of hydrogen-bond acceptors (Lipinski definition) is 2. The van der Waals surface area contributed by atoms with Gasteiger partial charge in [-0.25, -0.2) is 0 Å². The molecule has 4 heteroatoms. The monoisotopic (exact) mass is 256 g/mol. The molecule has 0 heterocycles. The van der Waals surface area contributed by atoms with E-state index in [-0.39, 0.29) is 6.16 Å². The van der Waals surface area contributed by atoms with Crippen LogP contribution in [0.25, 0.3) is 0 Å². The normalized spacial score (nSPS) is 14.5. The maximum absolute atomic E-state index is 11.7. The Bertz CT molecular complexity index is 351. The zero-order valence-corrected chi connectivity index (χ0v) is 11.2. The van der Waals surface area contributed by atoms with Crippen molar-refractivity contribution < 1.29 is 14.0 Å². The molecule has 0 bridgehead atoms. The lowest BCUT2D eigenvalue weighted by Crippen LogP contribution is -1.96. The average molecular weight is 256 g/mol. The van der Waals surface area contributed by atoms with Crippen molar-refractivity contribution in [3.05, 3.63) is 35.9 Å². The molecule has 1 aromatic rings. The molecule has 0 saturated carbocycles. The first-order chi connectivity index (χ1) is 8.14. The molecule has 0 aliphatic carbocycles. The van der Waals surface area contributed by atoms with E-state index in [1.54, 1.807) is 0 Å². The van der Waals surface area contributed by atoms with Crippen LogP contribution in [-0.4, -0.2) is 11.5 Å². The summed E-state index contributed by atoms with van der Waals surface area (Å²) < 4.78 is 16.8. The third-order valence-electron chi connectivity index (χ3n) is 2.52. The van der Waals surface area contributed by atoms with Crippen molar-refractivity contribution in [3.63, 3.8) is 0 Å². The highest BCUT2D eigenvalue weighted by molar-refractivity contribution is 7.51. The van der Waals surface area contributed by atoms with Gasteiger partial charge in [-0.3, -0.25) is 4.57 Å². The fourth-order valence-electron chi connectivity index (χ4n) is 1.60. The standard InChI is InChI=1S/C13H21O3P/c1-2-3-4-8-11-16-17(14,15)12-13-9-6-5-7-10-13/h5-7,9-10H,2-4,8,11-12H2,1H3,(H,14,15). The maximum Gasteiger partial charge on any atom is 0.332 e. The molecule has 0 aromatic heterocycles. The minimum absolute atomic E-state index is 0.0988. The summed E-state index contributed by atoms with van der Waals surface area (Å²) in [7, 11) is -3.46. The van der Waals surface area contributed by atoms with Crippen LogP contribution in [0, 0.1) is 0 Å². The third-order valence-corrected chi connectivity index (χ3v) is 3.87. The first kappa shape index (κ1) is 14.4. The van der Waals surface area contributed by atoms with Crippen molar-refractivity contribution in [1.82, 2.24) is 0 Å². The molecule has 0 aliphatic rings. The summed E-state index contributed by atoms with van der Waals surface area (Å²) >= 11 is 0. The van der Waals surface area contributed by atoms with Crippen LogP contribution >= 0.6 is 7.60 Å². The van der Waals surface area contributed by atoms with Crippen LogP contribution in [-0.2, 0) is 15.3 Å². The van der Waals surface area contributed by atoms with Gasteiger partial charge in [0.25, 0.3) is 0 Å². The molecule has 96 valence electrons.